The van der Waals surface area contributed by atoms with Crippen LogP contribution in [-0.4, -0.2) is 0 Å². The zero-order valence-electron chi connectivity index (χ0n) is 45.1. The van der Waals surface area contributed by atoms with Gasteiger partial charge < -0.3 is 4.42 Å². The van der Waals surface area contributed by atoms with Crippen molar-refractivity contribution < 1.29 is 37.3 Å². The number of fused-ring (bicyclic) bond motifs is 8. The molecule has 42 heavy (non-hydrogen) atoms. The number of hydrogen-bond acceptors (Lipinski definition) is 1. The van der Waals surface area contributed by atoms with Gasteiger partial charge in [0.25, 0.3) is 0 Å². The average Bonchev–Trinajstić information content (AvgIpc) is 3.68. The third kappa shape index (κ3) is 3.44. The minimum absolute atomic E-state index is 0.357. The average molecular weight is 559 g/mol. The van der Waals surface area contributed by atoms with Gasteiger partial charge in [0.15, 0.2) is 0 Å². The first-order valence-corrected chi connectivity index (χ1v) is 12.6. The fourth-order valence-corrected chi connectivity index (χ4v) is 5.37. The molecule has 0 atom stereocenters. The highest BCUT2D eigenvalue weighted by Crippen LogP contribution is 2.45. The quantitative estimate of drug-likeness (QED) is 0.197. The standard InChI is InChI=1S/C41H26O/c1-2-12-29-24-26(20-21-27(29)10-1)25-37-31-14-5-7-16-33(31)39(34-17-8-6-15-32(34)37)35-18-9-19-38-40(35)36-23-22-28-11-3-4-13-30(28)41(36)42-38/h1-24H,25H2/i1D,2D,3D,4D,5D,6D,7D,8D,9D,10D,11D,12D,13D,14D,15D,16D,17D,18D,19D,20D,21D,22D,23D,24D. The van der Waals surface area contributed by atoms with E-state index in [0.29, 0.717) is 0 Å². The van der Waals surface area contributed by atoms with Crippen LogP contribution in [0.15, 0.2) is 149 Å². The predicted molar refractivity (Wildman–Crippen MR) is 178 cm³/mol. The minimum Gasteiger partial charge on any atom is -0.455 e. The van der Waals surface area contributed by atoms with Crippen molar-refractivity contribution in [3.8, 4) is 11.1 Å². The smallest absolute Gasteiger partial charge is 0.143 e. The molecule has 1 nitrogen and oxygen atoms in total. The third-order valence-corrected chi connectivity index (χ3v) is 7.13. The van der Waals surface area contributed by atoms with Crippen LogP contribution in [0.4, 0.5) is 0 Å². The van der Waals surface area contributed by atoms with Gasteiger partial charge in [-0.15, -0.1) is 0 Å². The van der Waals surface area contributed by atoms with Gasteiger partial charge >= 0.3 is 0 Å². The monoisotopic (exact) mass is 558 g/mol. The van der Waals surface area contributed by atoms with E-state index in [9.17, 15) is 9.60 Å². The van der Waals surface area contributed by atoms with Crippen molar-refractivity contribution in [2.24, 2.45) is 0 Å². The van der Waals surface area contributed by atoms with Gasteiger partial charge in [-0.25, -0.2) is 0 Å². The molecule has 9 rings (SSSR count). The van der Waals surface area contributed by atoms with E-state index >= 15 is 0 Å². The van der Waals surface area contributed by atoms with E-state index < -0.39 is 233 Å². The molecule has 8 aromatic carbocycles. The molecule has 1 aromatic heterocycles. The molecule has 0 amide bonds. The number of furan rings is 1. The Labute approximate surface area is 277 Å². The van der Waals surface area contributed by atoms with Crippen LogP contribution >= 0.6 is 0 Å². The first-order valence-electron chi connectivity index (χ1n) is 24.6. The lowest BCUT2D eigenvalue weighted by atomic mass is 9.85. The normalized spacial score (nSPS) is 19.9. The summed E-state index contributed by atoms with van der Waals surface area (Å²) >= 11 is 0. The van der Waals surface area contributed by atoms with Gasteiger partial charge in [0.1, 0.15) is 11.2 Å². The maximum Gasteiger partial charge on any atom is 0.143 e. The molecule has 196 valence electrons. The molecular formula is C41H26O. The van der Waals surface area contributed by atoms with E-state index in [1.165, 1.54) is 0 Å². The van der Waals surface area contributed by atoms with Crippen LogP contribution in [0.2, 0.25) is 0 Å². The highest BCUT2D eigenvalue weighted by atomic mass is 16.3. The van der Waals surface area contributed by atoms with Gasteiger partial charge in [-0.3, -0.25) is 0 Å². The van der Waals surface area contributed by atoms with Crippen LogP contribution in [-0.2, 0) is 6.42 Å². The second kappa shape index (κ2) is 9.06. The summed E-state index contributed by atoms with van der Waals surface area (Å²) in [5, 5.41) is -4.73. The van der Waals surface area contributed by atoms with Gasteiger partial charge in [-0.05, 0) is 78.5 Å². The summed E-state index contributed by atoms with van der Waals surface area (Å²) in [6.07, 6.45) is -0.812. The third-order valence-electron chi connectivity index (χ3n) is 7.13. The highest BCUT2D eigenvalue weighted by Gasteiger charge is 2.20. The molecule has 0 aliphatic heterocycles. The maximum absolute atomic E-state index is 9.45. The minimum atomic E-state index is -0.892. The Kier molecular flexibility index (Phi) is 2.13. The van der Waals surface area contributed by atoms with Crippen LogP contribution < -0.4 is 0 Å². The lowest BCUT2D eigenvalue weighted by Gasteiger charge is -2.18. The summed E-state index contributed by atoms with van der Waals surface area (Å²) in [5.74, 6) is 0. The van der Waals surface area contributed by atoms with E-state index in [1.54, 1.807) is 0 Å². The highest BCUT2D eigenvalue weighted by molar-refractivity contribution is 6.24. The molecule has 0 fully saturated rings. The van der Waals surface area contributed by atoms with Gasteiger partial charge in [-0.1, -0.05) is 133 Å². The summed E-state index contributed by atoms with van der Waals surface area (Å²) in [6, 6.07) is -18.9. The van der Waals surface area contributed by atoms with Gasteiger partial charge in [0, 0.05) is 16.2 Å². The molecule has 0 aliphatic carbocycles. The molecule has 0 aliphatic rings. The summed E-state index contributed by atoms with van der Waals surface area (Å²) in [7, 11) is 0. The van der Waals surface area contributed by atoms with Crippen molar-refractivity contribution in [2.75, 3.05) is 0 Å². The summed E-state index contributed by atoms with van der Waals surface area (Å²) < 4.78 is 219. The second-order valence-electron chi connectivity index (χ2n) is 9.39. The lowest BCUT2D eigenvalue weighted by Crippen LogP contribution is -1.96. The van der Waals surface area contributed by atoms with Crippen molar-refractivity contribution in [3.63, 3.8) is 0 Å². The van der Waals surface area contributed by atoms with Crippen LogP contribution in [0.5, 0.6) is 0 Å². The molecule has 0 saturated carbocycles. The Morgan fingerprint density at radius 1 is 0.476 bits per heavy atom. The van der Waals surface area contributed by atoms with E-state index in [1.807, 2.05) is 0 Å². The van der Waals surface area contributed by atoms with Crippen molar-refractivity contribution >= 4 is 65.0 Å². The van der Waals surface area contributed by atoms with Crippen molar-refractivity contribution in [1.29, 1.82) is 0 Å². The molecular weight excluding hydrogens is 508 g/mol. The first-order chi connectivity index (χ1) is 30.8. The number of rotatable bonds is 3. The van der Waals surface area contributed by atoms with Crippen molar-refractivity contribution in [2.45, 2.75) is 6.42 Å². The van der Waals surface area contributed by atoms with Crippen LogP contribution in [0.25, 0.3) is 76.2 Å². The molecule has 0 spiro atoms. The van der Waals surface area contributed by atoms with Gasteiger partial charge in [0.2, 0.25) is 0 Å². The van der Waals surface area contributed by atoms with Gasteiger partial charge in [-0.2, -0.15) is 0 Å². The van der Waals surface area contributed by atoms with E-state index in [0.717, 1.165) is 0 Å². The van der Waals surface area contributed by atoms with Crippen LogP contribution in [0, 0.1) is 0 Å². The summed E-state index contributed by atoms with van der Waals surface area (Å²) in [4.78, 5) is 0. The van der Waals surface area contributed by atoms with Crippen LogP contribution in [0.1, 0.15) is 44.0 Å². The summed E-state index contributed by atoms with van der Waals surface area (Å²) in [5.41, 5.74) is -2.98. The van der Waals surface area contributed by atoms with Crippen molar-refractivity contribution in [3.05, 3.63) is 156 Å². The molecule has 0 N–H and O–H groups in total. The van der Waals surface area contributed by atoms with Gasteiger partial charge in [0.05, 0.1) is 32.9 Å². The summed E-state index contributed by atoms with van der Waals surface area (Å²) in [6.45, 7) is 0. The topological polar surface area (TPSA) is 13.1 Å². The molecule has 0 saturated heterocycles. The van der Waals surface area contributed by atoms with E-state index in [-0.39, 0.29) is 5.56 Å². The molecule has 1 heterocycles. The molecule has 9 aromatic rings. The predicted octanol–water partition coefficient (Wildman–Crippen LogP) is 11.5. The first kappa shape index (κ1) is 9.86. The number of benzene rings is 8. The zero-order valence-corrected chi connectivity index (χ0v) is 21.1. The van der Waals surface area contributed by atoms with E-state index in [4.69, 9.17) is 27.7 Å². The Morgan fingerprint density at radius 2 is 1.10 bits per heavy atom. The van der Waals surface area contributed by atoms with Crippen LogP contribution in [0.3, 0.4) is 0 Å². The molecule has 0 unspecified atom stereocenters. The second-order valence-corrected chi connectivity index (χ2v) is 9.39. The van der Waals surface area contributed by atoms with E-state index in [2.05, 4.69) is 0 Å². The fraction of sp³-hybridized carbons (Fsp3) is 0.0244. The SMILES string of the molecule is [2H]c1c([2H])c(-c2c3c([2H])c([2H])c([2H])c([2H])c3c(Cc3c([2H])c([2H])c4c([2H])c([2H])c([2H])c([2H])c4c3[2H])c3c([2H])c([2H])c([2H])c([2H])c23)c2c(oc3c4c([2H])c([2H])c([2H])c([2H])c4c([2H])c([2H])c32)c1[2H]. The lowest BCUT2D eigenvalue weighted by molar-refractivity contribution is 0.673. The Bertz CT molecular complexity index is 3750. The van der Waals surface area contributed by atoms with Crippen molar-refractivity contribution in [1.82, 2.24) is 0 Å². The molecule has 0 radical (unpaired) electrons. The Hall–Kier alpha value is -5.40. The molecule has 0 bridgehead atoms. The number of hydrogen-bond donors (Lipinski definition) is 0. The largest absolute Gasteiger partial charge is 0.455 e. The molecule has 1 heteroatoms. The fourth-order valence-electron chi connectivity index (χ4n) is 5.37. The maximum atomic E-state index is 9.45. The zero-order chi connectivity index (χ0) is 48.5. The Morgan fingerprint density at radius 3 is 1.86 bits per heavy atom. The Balaban J connectivity index is 1.59.